The van der Waals surface area contributed by atoms with Gasteiger partial charge in [-0.2, -0.15) is 0 Å². The van der Waals surface area contributed by atoms with Crippen LogP contribution in [0.3, 0.4) is 0 Å². The van der Waals surface area contributed by atoms with E-state index < -0.39 is 12.1 Å². The second-order valence-electron chi connectivity index (χ2n) is 9.97. The van der Waals surface area contributed by atoms with Crippen LogP contribution in [0.4, 0.5) is 0 Å². The van der Waals surface area contributed by atoms with Gasteiger partial charge in [0.25, 0.3) is 0 Å². The normalized spacial score (nSPS) is 31.7. The standard InChI is InChI=1S/C22H34N2O5/c1-22(2)15-12-24(19(18(15)22)21(27)28-3)20(26)16(10-13-4-5-13)23-17(25)11-14-6-8-29-9-7-14/h13-16,18-19H,4-12H2,1-3H3,(H,23,25)/t15-,16?,18-,19-/m0/s1. The lowest BCUT2D eigenvalue weighted by molar-refractivity contribution is -0.154. The maximum atomic E-state index is 13.4. The summed E-state index contributed by atoms with van der Waals surface area (Å²) in [5.74, 6) is 0.787. The smallest absolute Gasteiger partial charge is 0.328 e. The summed E-state index contributed by atoms with van der Waals surface area (Å²) in [6, 6.07) is -1.07. The number of nitrogens with one attached hydrogen (secondary N) is 1. The predicted molar refractivity (Wildman–Crippen MR) is 106 cm³/mol. The molecule has 2 aliphatic carbocycles. The Bertz CT molecular complexity index is 668. The summed E-state index contributed by atoms with van der Waals surface area (Å²) >= 11 is 0. The molecule has 0 aromatic heterocycles. The molecule has 2 heterocycles. The number of esters is 1. The van der Waals surface area contributed by atoms with Crippen molar-refractivity contribution in [3.05, 3.63) is 0 Å². The number of likely N-dealkylation sites (tertiary alicyclic amines) is 1. The molecular formula is C22H34N2O5. The maximum Gasteiger partial charge on any atom is 0.328 e. The Morgan fingerprint density at radius 2 is 1.83 bits per heavy atom. The van der Waals surface area contributed by atoms with Crippen LogP contribution >= 0.6 is 0 Å². The Morgan fingerprint density at radius 3 is 2.45 bits per heavy atom. The molecule has 0 aromatic carbocycles. The highest BCUT2D eigenvalue weighted by atomic mass is 16.5. The molecule has 4 aliphatic rings. The Morgan fingerprint density at radius 1 is 1.14 bits per heavy atom. The fourth-order valence-electron chi connectivity index (χ4n) is 5.48. The Hall–Kier alpha value is -1.63. The molecule has 7 heteroatoms. The summed E-state index contributed by atoms with van der Waals surface area (Å²) in [7, 11) is 1.38. The van der Waals surface area contributed by atoms with Crippen molar-refractivity contribution in [3.8, 4) is 0 Å². The molecule has 2 aliphatic heterocycles. The number of fused-ring (bicyclic) bond motifs is 1. The Balaban J connectivity index is 1.42. The van der Waals surface area contributed by atoms with E-state index in [-0.39, 0.29) is 29.1 Å². The minimum Gasteiger partial charge on any atom is -0.467 e. The van der Waals surface area contributed by atoms with E-state index in [0.29, 0.717) is 50.4 Å². The van der Waals surface area contributed by atoms with Gasteiger partial charge in [-0.3, -0.25) is 9.59 Å². The number of methoxy groups -OCH3 is 1. The predicted octanol–water partition coefficient (Wildman–Crippen LogP) is 1.74. The maximum absolute atomic E-state index is 13.4. The van der Waals surface area contributed by atoms with Gasteiger partial charge >= 0.3 is 5.97 Å². The SMILES string of the molecule is COC(=O)[C@@H]1[C@@H]2[C@H](CN1C(=O)C(CC1CC1)NC(=O)CC1CCOCC1)C2(C)C. The third-order valence-electron chi connectivity index (χ3n) is 7.65. The van der Waals surface area contributed by atoms with Crippen molar-refractivity contribution in [2.45, 2.75) is 64.5 Å². The lowest BCUT2D eigenvalue weighted by atomic mass is 9.95. The lowest BCUT2D eigenvalue weighted by Crippen LogP contribution is -2.54. The van der Waals surface area contributed by atoms with Crippen LogP contribution in [0, 0.1) is 29.1 Å². The van der Waals surface area contributed by atoms with Crippen LogP contribution in [-0.2, 0) is 23.9 Å². The third-order valence-corrected chi connectivity index (χ3v) is 7.65. The van der Waals surface area contributed by atoms with E-state index >= 15 is 0 Å². The molecule has 0 radical (unpaired) electrons. The summed E-state index contributed by atoms with van der Waals surface area (Å²) in [4.78, 5) is 40.3. The number of piperidine rings is 1. The topological polar surface area (TPSA) is 84.9 Å². The first-order valence-corrected chi connectivity index (χ1v) is 11.1. The fourth-order valence-corrected chi connectivity index (χ4v) is 5.48. The van der Waals surface area contributed by atoms with Crippen LogP contribution in [0.15, 0.2) is 0 Å². The molecule has 2 amide bonds. The van der Waals surface area contributed by atoms with Crippen molar-refractivity contribution in [2.75, 3.05) is 26.9 Å². The van der Waals surface area contributed by atoms with Crippen LogP contribution in [0.2, 0.25) is 0 Å². The molecular weight excluding hydrogens is 372 g/mol. The molecule has 2 saturated carbocycles. The monoisotopic (exact) mass is 406 g/mol. The number of amides is 2. The van der Waals surface area contributed by atoms with Gasteiger partial charge in [-0.15, -0.1) is 0 Å². The first kappa shape index (κ1) is 20.6. The van der Waals surface area contributed by atoms with Crippen molar-refractivity contribution >= 4 is 17.8 Å². The van der Waals surface area contributed by atoms with Crippen LogP contribution in [-0.4, -0.2) is 61.6 Å². The van der Waals surface area contributed by atoms with Crippen molar-refractivity contribution in [3.63, 3.8) is 0 Å². The summed E-state index contributed by atoms with van der Waals surface area (Å²) in [6.45, 7) is 6.28. The second kappa shape index (κ2) is 7.89. The van der Waals surface area contributed by atoms with Crippen molar-refractivity contribution in [2.24, 2.45) is 29.1 Å². The summed E-state index contributed by atoms with van der Waals surface area (Å²) in [5.41, 5.74) is 0.0634. The van der Waals surface area contributed by atoms with Gasteiger partial charge in [0, 0.05) is 32.1 Å². The third kappa shape index (κ3) is 4.16. The van der Waals surface area contributed by atoms with Crippen LogP contribution in [0.1, 0.15) is 52.4 Å². The molecule has 0 bridgehead atoms. The largest absolute Gasteiger partial charge is 0.467 e. The zero-order valence-electron chi connectivity index (χ0n) is 17.8. The highest BCUT2D eigenvalue weighted by Crippen LogP contribution is 2.65. The van der Waals surface area contributed by atoms with Gasteiger partial charge in [-0.25, -0.2) is 4.79 Å². The van der Waals surface area contributed by atoms with Crippen molar-refractivity contribution in [1.29, 1.82) is 0 Å². The van der Waals surface area contributed by atoms with Crippen LogP contribution in [0.5, 0.6) is 0 Å². The number of nitrogens with zero attached hydrogens (tertiary/aromatic N) is 1. The quantitative estimate of drug-likeness (QED) is 0.651. The molecule has 4 atom stereocenters. The lowest BCUT2D eigenvalue weighted by Gasteiger charge is -2.32. The fraction of sp³-hybridized carbons (Fsp3) is 0.864. The van der Waals surface area contributed by atoms with Crippen LogP contribution in [0.25, 0.3) is 0 Å². The van der Waals surface area contributed by atoms with E-state index in [1.807, 2.05) is 0 Å². The highest BCUT2D eigenvalue weighted by molar-refractivity contribution is 5.92. The van der Waals surface area contributed by atoms with Crippen molar-refractivity contribution in [1.82, 2.24) is 10.2 Å². The molecule has 29 heavy (non-hydrogen) atoms. The summed E-state index contributed by atoms with van der Waals surface area (Å²) in [6.07, 6.45) is 5.11. The molecule has 1 unspecified atom stereocenters. The van der Waals surface area contributed by atoms with Gasteiger partial charge in [0.2, 0.25) is 11.8 Å². The first-order valence-electron chi connectivity index (χ1n) is 11.1. The molecule has 0 aromatic rings. The summed E-state index contributed by atoms with van der Waals surface area (Å²) in [5, 5.41) is 3.02. The molecule has 1 N–H and O–H groups in total. The summed E-state index contributed by atoms with van der Waals surface area (Å²) < 4.78 is 10.4. The average molecular weight is 407 g/mol. The van der Waals surface area contributed by atoms with Gasteiger partial charge in [0.15, 0.2) is 0 Å². The van der Waals surface area contributed by atoms with E-state index in [9.17, 15) is 14.4 Å². The number of carbonyl (C=O) groups excluding carboxylic acids is 3. The van der Waals surface area contributed by atoms with Gasteiger partial charge in [0.1, 0.15) is 12.1 Å². The van der Waals surface area contributed by atoms with Gasteiger partial charge in [-0.05, 0) is 42.4 Å². The van der Waals surface area contributed by atoms with E-state index in [4.69, 9.17) is 9.47 Å². The zero-order valence-corrected chi connectivity index (χ0v) is 17.8. The zero-order chi connectivity index (χ0) is 20.8. The Labute approximate surface area is 172 Å². The second-order valence-corrected chi connectivity index (χ2v) is 9.97. The van der Waals surface area contributed by atoms with Gasteiger partial charge in [0.05, 0.1) is 7.11 Å². The van der Waals surface area contributed by atoms with E-state index in [1.165, 1.54) is 7.11 Å². The van der Waals surface area contributed by atoms with E-state index in [2.05, 4.69) is 19.2 Å². The number of hydrogen-bond acceptors (Lipinski definition) is 5. The molecule has 4 rings (SSSR count). The Kier molecular flexibility index (Phi) is 5.62. The molecule has 4 fully saturated rings. The van der Waals surface area contributed by atoms with E-state index in [1.54, 1.807) is 4.90 Å². The van der Waals surface area contributed by atoms with E-state index in [0.717, 1.165) is 25.7 Å². The van der Waals surface area contributed by atoms with Gasteiger partial charge < -0.3 is 19.7 Å². The average Bonchev–Trinajstić information content (AvgIpc) is 3.54. The number of ether oxygens (including phenoxy) is 2. The molecule has 162 valence electrons. The number of carbonyl (C=O) groups is 3. The number of rotatable bonds is 7. The molecule has 0 spiro atoms. The minimum absolute atomic E-state index is 0.0600. The molecule has 2 saturated heterocycles. The molecule has 7 nitrogen and oxygen atoms in total. The highest BCUT2D eigenvalue weighted by Gasteiger charge is 2.70. The number of hydrogen-bond donors (Lipinski definition) is 1. The van der Waals surface area contributed by atoms with Gasteiger partial charge in [-0.1, -0.05) is 26.7 Å². The minimum atomic E-state index is -0.539. The first-order chi connectivity index (χ1) is 13.8. The van der Waals surface area contributed by atoms with Crippen molar-refractivity contribution < 1.29 is 23.9 Å². The van der Waals surface area contributed by atoms with Crippen LogP contribution < -0.4 is 5.32 Å².